The average Bonchev–Trinajstić information content (AvgIpc) is 2.82. The molecule has 5 nitrogen and oxygen atoms in total. The maximum Gasteiger partial charge on any atom is 0.453 e. The van der Waals surface area contributed by atoms with E-state index in [0.29, 0.717) is 12.4 Å². The lowest BCUT2D eigenvalue weighted by Gasteiger charge is -2.24. The number of nitrogens with zero attached hydrogens (tertiary/aromatic N) is 5. The second kappa shape index (κ2) is 4.22. The molecule has 8 heteroatoms. The van der Waals surface area contributed by atoms with Crippen LogP contribution in [0.1, 0.15) is 12.2 Å². The van der Waals surface area contributed by atoms with Crippen LogP contribution in [0.15, 0.2) is 24.3 Å². The van der Waals surface area contributed by atoms with E-state index in [1.54, 1.807) is 6.07 Å². The lowest BCUT2D eigenvalue weighted by molar-refractivity contribution is -0.146. The minimum Gasteiger partial charge on any atom is -0.351 e. The monoisotopic (exact) mass is 269 g/mol. The van der Waals surface area contributed by atoms with Crippen molar-refractivity contribution >= 4 is 11.5 Å². The maximum absolute atomic E-state index is 12.7. The summed E-state index contributed by atoms with van der Waals surface area (Å²) in [6.07, 6.45) is 0.294. The highest BCUT2D eigenvalue weighted by atomic mass is 19.4. The Morgan fingerprint density at radius 2 is 1.95 bits per heavy atom. The van der Waals surface area contributed by atoms with Gasteiger partial charge in [0.2, 0.25) is 0 Å². The Hall–Kier alpha value is -2.12. The summed E-state index contributed by atoms with van der Waals surface area (Å²) in [5, 5.41) is 10.6. The molecular weight excluding hydrogens is 259 g/mol. The summed E-state index contributed by atoms with van der Waals surface area (Å²) >= 11 is 0. The first kappa shape index (κ1) is 11.9. The first-order chi connectivity index (χ1) is 9.05. The molecule has 19 heavy (non-hydrogen) atoms. The van der Waals surface area contributed by atoms with Crippen LogP contribution in [-0.2, 0) is 6.18 Å². The van der Waals surface area contributed by atoms with Gasteiger partial charge in [0, 0.05) is 13.1 Å². The van der Waals surface area contributed by atoms with Gasteiger partial charge in [-0.15, -0.1) is 15.3 Å². The third kappa shape index (κ3) is 2.13. The molecule has 0 atom stereocenters. The van der Waals surface area contributed by atoms with E-state index in [0.717, 1.165) is 17.5 Å². The molecule has 3 rings (SSSR count). The van der Waals surface area contributed by atoms with Crippen molar-refractivity contribution in [1.82, 2.24) is 19.8 Å². The van der Waals surface area contributed by atoms with Crippen LogP contribution in [0.25, 0.3) is 5.65 Å². The van der Waals surface area contributed by atoms with Crippen molar-refractivity contribution in [3.8, 4) is 0 Å². The second-order valence-electron chi connectivity index (χ2n) is 4.19. The number of hydrogen-bond donors (Lipinski definition) is 0. The minimum atomic E-state index is -4.56. The molecule has 0 radical (unpaired) electrons. The van der Waals surface area contributed by atoms with Crippen molar-refractivity contribution < 1.29 is 13.2 Å². The SMILES string of the molecule is FC(F)(F)c1nnc2ccc(N3CC=CCC3)nn12. The van der Waals surface area contributed by atoms with Gasteiger partial charge in [-0.3, -0.25) is 0 Å². The topological polar surface area (TPSA) is 46.3 Å². The maximum atomic E-state index is 12.7. The fourth-order valence-corrected chi connectivity index (χ4v) is 1.97. The molecule has 0 spiro atoms. The van der Waals surface area contributed by atoms with E-state index in [-0.39, 0.29) is 5.65 Å². The lowest BCUT2D eigenvalue weighted by Crippen LogP contribution is -2.28. The molecular formula is C11H10F3N5. The van der Waals surface area contributed by atoms with Gasteiger partial charge in [0.05, 0.1) is 0 Å². The third-order valence-corrected chi connectivity index (χ3v) is 2.88. The molecule has 0 N–H and O–H groups in total. The van der Waals surface area contributed by atoms with Gasteiger partial charge in [-0.25, -0.2) is 0 Å². The van der Waals surface area contributed by atoms with Crippen LogP contribution < -0.4 is 4.90 Å². The Labute approximate surface area is 106 Å². The molecule has 0 bridgehead atoms. The van der Waals surface area contributed by atoms with Crippen molar-refractivity contribution in [2.24, 2.45) is 0 Å². The fourth-order valence-electron chi connectivity index (χ4n) is 1.97. The number of aromatic nitrogens is 4. The Morgan fingerprint density at radius 1 is 1.11 bits per heavy atom. The summed E-state index contributed by atoms with van der Waals surface area (Å²) in [4.78, 5) is 1.90. The zero-order chi connectivity index (χ0) is 13.5. The zero-order valence-corrected chi connectivity index (χ0v) is 9.80. The number of rotatable bonds is 1. The summed E-state index contributed by atoms with van der Waals surface area (Å²) < 4.78 is 39.0. The van der Waals surface area contributed by atoms with Gasteiger partial charge in [-0.2, -0.15) is 17.7 Å². The molecule has 2 aromatic rings. The van der Waals surface area contributed by atoms with Crippen molar-refractivity contribution in [3.63, 3.8) is 0 Å². The molecule has 100 valence electrons. The first-order valence-electron chi connectivity index (χ1n) is 5.75. The van der Waals surface area contributed by atoms with E-state index in [1.807, 2.05) is 17.1 Å². The number of anilines is 1. The Morgan fingerprint density at radius 3 is 2.63 bits per heavy atom. The van der Waals surface area contributed by atoms with Crippen molar-refractivity contribution in [3.05, 3.63) is 30.1 Å². The van der Waals surface area contributed by atoms with Crippen LogP contribution >= 0.6 is 0 Å². The van der Waals surface area contributed by atoms with Crippen molar-refractivity contribution in [1.29, 1.82) is 0 Å². The molecule has 0 saturated heterocycles. The van der Waals surface area contributed by atoms with Crippen molar-refractivity contribution in [2.45, 2.75) is 12.6 Å². The quantitative estimate of drug-likeness (QED) is 0.742. The average molecular weight is 269 g/mol. The van der Waals surface area contributed by atoms with Gasteiger partial charge < -0.3 is 4.90 Å². The minimum absolute atomic E-state index is 0.0867. The van der Waals surface area contributed by atoms with E-state index in [9.17, 15) is 13.2 Å². The van der Waals surface area contributed by atoms with Crippen LogP contribution in [-0.4, -0.2) is 32.9 Å². The fraction of sp³-hybridized carbons (Fsp3) is 0.364. The van der Waals surface area contributed by atoms with Gasteiger partial charge in [0.1, 0.15) is 5.82 Å². The normalized spacial score (nSPS) is 16.3. The van der Waals surface area contributed by atoms with Gasteiger partial charge in [0.15, 0.2) is 5.65 Å². The van der Waals surface area contributed by atoms with Gasteiger partial charge >= 0.3 is 6.18 Å². The van der Waals surface area contributed by atoms with E-state index in [2.05, 4.69) is 15.3 Å². The van der Waals surface area contributed by atoms with Crippen LogP contribution in [0, 0.1) is 0 Å². The molecule has 1 aliphatic heterocycles. The highest BCUT2D eigenvalue weighted by Crippen LogP contribution is 2.28. The van der Waals surface area contributed by atoms with Gasteiger partial charge in [-0.05, 0) is 18.6 Å². The van der Waals surface area contributed by atoms with E-state index >= 15 is 0 Å². The highest BCUT2D eigenvalue weighted by Gasteiger charge is 2.37. The summed E-state index contributed by atoms with van der Waals surface area (Å²) in [6.45, 7) is 1.38. The van der Waals surface area contributed by atoms with E-state index < -0.39 is 12.0 Å². The summed E-state index contributed by atoms with van der Waals surface area (Å²) in [5.41, 5.74) is 0.0867. The van der Waals surface area contributed by atoms with Gasteiger partial charge in [-0.1, -0.05) is 12.2 Å². The largest absolute Gasteiger partial charge is 0.453 e. The predicted octanol–water partition coefficient (Wildman–Crippen LogP) is 1.91. The number of hydrogen-bond acceptors (Lipinski definition) is 4. The molecule has 1 aliphatic rings. The molecule has 0 aliphatic carbocycles. The van der Waals surface area contributed by atoms with E-state index in [1.165, 1.54) is 6.07 Å². The zero-order valence-electron chi connectivity index (χ0n) is 9.80. The third-order valence-electron chi connectivity index (χ3n) is 2.88. The summed E-state index contributed by atoms with van der Waals surface area (Å²) in [6, 6.07) is 3.15. The summed E-state index contributed by atoms with van der Waals surface area (Å²) in [5.74, 6) is -0.612. The van der Waals surface area contributed by atoms with Crippen LogP contribution in [0.4, 0.5) is 19.0 Å². The van der Waals surface area contributed by atoms with Crippen LogP contribution in [0.3, 0.4) is 0 Å². The molecule has 0 aromatic carbocycles. The predicted molar refractivity (Wildman–Crippen MR) is 61.8 cm³/mol. The molecule has 0 amide bonds. The second-order valence-corrected chi connectivity index (χ2v) is 4.19. The standard InChI is InChI=1S/C11H10F3N5/c12-11(13,14)10-16-15-8-4-5-9(17-19(8)10)18-6-2-1-3-7-18/h1-2,4-5H,3,6-7H2. The molecule has 2 aromatic heterocycles. The summed E-state index contributed by atoms with van der Waals surface area (Å²) in [7, 11) is 0. The number of alkyl halides is 3. The van der Waals surface area contributed by atoms with Crippen LogP contribution in [0.2, 0.25) is 0 Å². The molecule has 0 saturated carbocycles. The Balaban J connectivity index is 2.06. The number of halogens is 3. The Bertz CT molecular complexity index is 631. The smallest absolute Gasteiger partial charge is 0.351 e. The Kier molecular flexibility index (Phi) is 2.65. The highest BCUT2D eigenvalue weighted by molar-refractivity contribution is 5.46. The van der Waals surface area contributed by atoms with Gasteiger partial charge in [0.25, 0.3) is 5.82 Å². The molecule has 3 heterocycles. The van der Waals surface area contributed by atoms with Crippen molar-refractivity contribution in [2.75, 3.05) is 18.0 Å². The first-order valence-corrected chi connectivity index (χ1v) is 5.75. The van der Waals surface area contributed by atoms with E-state index in [4.69, 9.17) is 0 Å². The molecule has 0 unspecified atom stereocenters. The molecule has 0 fully saturated rings. The lowest BCUT2D eigenvalue weighted by atomic mass is 10.2. The van der Waals surface area contributed by atoms with Crippen LogP contribution in [0.5, 0.6) is 0 Å². The number of fused-ring (bicyclic) bond motifs is 1.